The van der Waals surface area contributed by atoms with Crippen molar-refractivity contribution < 1.29 is 13.9 Å². The zero-order valence-corrected chi connectivity index (χ0v) is 12.8. The molecule has 2 aromatic carbocycles. The molecule has 1 nitrogen and oxygen atoms in total. The molecule has 106 valence electrons. The summed E-state index contributed by atoms with van der Waals surface area (Å²) < 4.78 is 27.9. The molecule has 0 heterocycles. The van der Waals surface area contributed by atoms with Crippen LogP contribution in [0.5, 0.6) is 0 Å². The molecule has 0 aromatic heterocycles. The van der Waals surface area contributed by atoms with E-state index in [4.69, 9.17) is 11.6 Å². The topological polar surface area (TPSA) is 20.2 Å². The molecule has 0 fully saturated rings. The Morgan fingerprint density at radius 3 is 2.55 bits per heavy atom. The zero-order chi connectivity index (χ0) is 14.7. The van der Waals surface area contributed by atoms with Crippen LogP contribution in [0.4, 0.5) is 8.78 Å². The minimum absolute atomic E-state index is 0.0391. The summed E-state index contributed by atoms with van der Waals surface area (Å²) in [4.78, 5) is 0. The lowest BCUT2D eigenvalue weighted by molar-refractivity contribution is 0.173. The van der Waals surface area contributed by atoms with Crippen molar-refractivity contribution in [3.8, 4) is 0 Å². The van der Waals surface area contributed by atoms with E-state index in [1.165, 1.54) is 18.2 Å². The summed E-state index contributed by atoms with van der Waals surface area (Å²) in [5, 5.41) is 10.3. The van der Waals surface area contributed by atoms with Crippen molar-refractivity contribution in [3.63, 3.8) is 0 Å². The monoisotopic (exact) mass is 360 g/mol. The Labute approximate surface area is 129 Å². The van der Waals surface area contributed by atoms with Crippen molar-refractivity contribution in [2.24, 2.45) is 0 Å². The third kappa shape index (κ3) is 3.78. The lowest BCUT2D eigenvalue weighted by atomic mass is 10.0. The first-order chi connectivity index (χ1) is 9.47. The summed E-state index contributed by atoms with van der Waals surface area (Å²) in [5.41, 5.74) is 0.622. The van der Waals surface area contributed by atoms with Gasteiger partial charge in [0.05, 0.1) is 6.10 Å². The van der Waals surface area contributed by atoms with Gasteiger partial charge in [0.15, 0.2) is 0 Å². The van der Waals surface area contributed by atoms with Gasteiger partial charge in [-0.3, -0.25) is 0 Å². The first-order valence-corrected chi connectivity index (χ1v) is 7.19. The Morgan fingerprint density at radius 1 is 1.10 bits per heavy atom. The van der Waals surface area contributed by atoms with Gasteiger partial charge in [0.25, 0.3) is 0 Å². The molecule has 20 heavy (non-hydrogen) atoms. The highest BCUT2D eigenvalue weighted by molar-refractivity contribution is 9.10. The lowest BCUT2D eigenvalue weighted by Crippen LogP contribution is -2.16. The molecule has 1 atom stereocenters. The third-order valence-corrected chi connectivity index (χ3v) is 3.81. The molecule has 2 rings (SSSR count). The van der Waals surface area contributed by atoms with Crippen LogP contribution in [0.3, 0.4) is 0 Å². The van der Waals surface area contributed by atoms with Gasteiger partial charge in [-0.2, -0.15) is 0 Å². The molecule has 1 unspecified atom stereocenters. The Balaban J connectivity index is 2.13. The van der Waals surface area contributed by atoms with Gasteiger partial charge in [-0.15, -0.1) is 0 Å². The van der Waals surface area contributed by atoms with E-state index in [1.54, 1.807) is 18.2 Å². The van der Waals surface area contributed by atoms with Crippen LogP contribution in [0.15, 0.2) is 40.9 Å². The molecule has 0 spiro atoms. The Kier molecular flexibility index (Phi) is 5.13. The van der Waals surface area contributed by atoms with E-state index in [0.717, 1.165) is 4.47 Å². The molecular weight excluding hydrogens is 350 g/mol. The smallest absolute Gasteiger partial charge is 0.127 e. The molecule has 5 heteroatoms. The predicted octanol–water partition coefficient (Wildman–Crippen LogP) is 4.53. The van der Waals surface area contributed by atoms with Gasteiger partial charge < -0.3 is 5.11 Å². The van der Waals surface area contributed by atoms with Crippen molar-refractivity contribution in [2.45, 2.75) is 18.9 Å². The molecule has 1 N–H and O–H groups in total. The molecule has 0 radical (unpaired) electrons. The average Bonchev–Trinajstić information content (AvgIpc) is 2.38. The maximum absolute atomic E-state index is 13.6. The Morgan fingerprint density at radius 2 is 1.85 bits per heavy atom. The van der Waals surface area contributed by atoms with E-state index < -0.39 is 17.7 Å². The summed E-state index contributed by atoms with van der Waals surface area (Å²) in [6.45, 7) is 0. The molecule has 0 bridgehead atoms. The van der Waals surface area contributed by atoms with Crippen molar-refractivity contribution in [3.05, 3.63) is 68.7 Å². The third-order valence-electron chi connectivity index (χ3n) is 2.96. The summed E-state index contributed by atoms with van der Waals surface area (Å²) in [5.74, 6) is -0.863. The fourth-order valence-corrected chi connectivity index (χ4v) is 2.64. The van der Waals surface area contributed by atoms with Crippen LogP contribution in [0.25, 0.3) is 0 Å². The maximum atomic E-state index is 13.6. The minimum atomic E-state index is -0.909. The molecule has 0 aliphatic rings. The van der Waals surface area contributed by atoms with Crippen LogP contribution in [-0.4, -0.2) is 11.2 Å². The second kappa shape index (κ2) is 6.66. The Hall–Kier alpha value is -0.970. The lowest BCUT2D eigenvalue weighted by Gasteiger charge is -2.13. The number of halogens is 4. The summed E-state index contributed by atoms with van der Waals surface area (Å²) in [6, 6.07) is 8.85. The van der Waals surface area contributed by atoms with Gasteiger partial charge in [-0.25, -0.2) is 8.78 Å². The zero-order valence-electron chi connectivity index (χ0n) is 10.4. The van der Waals surface area contributed by atoms with Crippen LogP contribution < -0.4 is 0 Å². The molecule has 0 saturated heterocycles. The van der Waals surface area contributed by atoms with Gasteiger partial charge in [0, 0.05) is 27.9 Å². The quantitative estimate of drug-likeness (QED) is 0.848. The van der Waals surface area contributed by atoms with E-state index in [0.29, 0.717) is 5.56 Å². The van der Waals surface area contributed by atoms with Crippen LogP contribution in [0, 0.1) is 11.6 Å². The van der Waals surface area contributed by atoms with Crippen LogP contribution in [-0.2, 0) is 12.8 Å². The minimum Gasteiger partial charge on any atom is -0.392 e. The van der Waals surface area contributed by atoms with Crippen LogP contribution in [0.2, 0.25) is 5.02 Å². The molecule has 0 aliphatic carbocycles. The van der Waals surface area contributed by atoms with Gasteiger partial charge >= 0.3 is 0 Å². The fourth-order valence-electron chi connectivity index (χ4n) is 1.99. The second-order valence-corrected chi connectivity index (χ2v) is 5.82. The average molecular weight is 362 g/mol. The fraction of sp³-hybridized carbons (Fsp3) is 0.200. The molecule has 0 saturated carbocycles. The van der Waals surface area contributed by atoms with E-state index >= 15 is 0 Å². The first kappa shape index (κ1) is 15.4. The first-order valence-electron chi connectivity index (χ1n) is 6.02. The highest BCUT2D eigenvalue weighted by Gasteiger charge is 2.15. The highest BCUT2D eigenvalue weighted by atomic mass is 79.9. The molecule has 2 aromatic rings. The number of aliphatic hydroxyl groups is 1. The number of aliphatic hydroxyl groups excluding tert-OH is 1. The van der Waals surface area contributed by atoms with E-state index in [9.17, 15) is 13.9 Å². The number of hydrogen-bond donors (Lipinski definition) is 1. The maximum Gasteiger partial charge on any atom is 0.127 e. The molecule has 0 amide bonds. The van der Waals surface area contributed by atoms with Crippen LogP contribution in [0.1, 0.15) is 11.1 Å². The summed E-state index contributed by atoms with van der Waals surface area (Å²) in [6.07, 6.45) is -0.777. The highest BCUT2D eigenvalue weighted by Crippen LogP contribution is 2.23. The van der Waals surface area contributed by atoms with Gasteiger partial charge in [-0.1, -0.05) is 33.6 Å². The van der Waals surface area contributed by atoms with Crippen molar-refractivity contribution in [1.29, 1.82) is 0 Å². The van der Waals surface area contributed by atoms with Crippen molar-refractivity contribution >= 4 is 27.5 Å². The van der Waals surface area contributed by atoms with Gasteiger partial charge in [0.2, 0.25) is 0 Å². The van der Waals surface area contributed by atoms with Crippen LogP contribution >= 0.6 is 27.5 Å². The normalized spacial score (nSPS) is 12.4. The van der Waals surface area contributed by atoms with E-state index in [2.05, 4.69) is 15.9 Å². The number of hydrogen-bond acceptors (Lipinski definition) is 1. The molecular formula is C15H12BrClF2O. The summed E-state index contributed by atoms with van der Waals surface area (Å²) >= 11 is 9.15. The number of benzene rings is 2. The second-order valence-electron chi connectivity index (χ2n) is 4.50. The molecule has 0 aliphatic heterocycles. The summed E-state index contributed by atoms with van der Waals surface area (Å²) in [7, 11) is 0. The van der Waals surface area contributed by atoms with Gasteiger partial charge in [0.1, 0.15) is 11.6 Å². The van der Waals surface area contributed by atoms with Crippen molar-refractivity contribution in [1.82, 2.24) is 0 Å². The largest absolute Gasteiger partial charge is 0.392 e. The van der Waals surface area contributed by atoms with E-state index in [-0.39, 0.29) is 23.4 Å². The Bertz CT molecular complexity index is 599. The standard InChI is InChI=1S/C15H12BrClF2O/c16-10-4-5-14(18)9(6-10)7-11(20)8-12-13(17)2-1-3-15(12)19/h1-6,11,20H,7-8H2. The van der Waals surface area contributed by atoms with E-state index in [1.807, 2.05) is 0 Å². The van der Waals surface area contributed by atoms with Gasteiger partial charge in [-0.05, 0) is 35.9 Å². The predicted molar refractivity (Wildman–Crippen MR) is 78.9 cm³/mol. The van der Waals surface area contributed by atoms with Crippen molar-refractivity contribution in [2.75, 3.05) is 0 Å². The number of rotatable bonds is 4. The SMILES string of the molecule is OC(Cc1cc(Br)ccc1F)Cc1c(F)cccc1Cl.